The number of rotatable bonds is 2. The number of benzene rings is 1. The van der Waals surface area contributed by atoms with Crippen LogP contribution in [0.4, 0.5) is 0 Å². The van der Waals surface area contributed by atoms with Crippen LogP contribution < -0.4 is 4.74 Å². The van der Waals surface area contributed by atoms with Crippen molar-refractivity contribution in [3.8, 4) is 5.75 Å². The molecule has 0 aliphatic carbocycles. The Balaban J connectivity index is 2.14. The standard InChI is InChI=1S/C23H38O5P2/c1-20(2,3)15-10-16(21(4,5)6)18(17(11-15)22(7,8)9)27-19-23(14-26-30-28-19)12-24-29-25-13-23/h10-11,19,29-30H,12-14H2,1-9H3. The van der Waals surface area contributed by atoms with Gasteiger partial charge in [-0.2, -0.15) is 0 Å². The quantitative estimate of drug-likeness (QED) is 0.483. The van der Waals surface area contributed by atoms with Crippen molar-refractivity contribution >= 4 is 18.1 Å². The molecule has 0 amide bonds. The summed E-state index contributed by atoms with van der Waals surface area (Å²) in [7, 11) is 0.0158. The molecule has 1 spiro atoms. The molecule has 1 aromatic rings. The molecular weight excluding hydrogens is 418 g/mol. The van der Waals surface area contributed by atoms with Crippen LogP contribution in [-0.4, -0.2) is 26.1 Å². The summed E-state index contributed by atoms with van der Waals surface area (Å²) in [5.41, 5.74) is 3.14. The Labute approximate surface area is 185 Å². The molecule has 30 heavy (non-hydrogen) atoms. The van der Waals surface area contributed by atoms with Crippen LogP contribution in [0.2, 0.25) is 0 Å². The molecule has 170 valence electrons. The normalized spacial score (nSPS) is 27.7. The molecule has 0 radical (unpaired) electrons. The lowest BCUT2D eigenvalue weighted by atomic mass is 9.74. The summed E-state index contributed by atoms with van der Waals surface area (Å²) in [6.07, 6.45) is -0.475. The number of hydrogen-bond acceptors (Lipinski definition) is 5. The van der Waals surface area contributed by atoms with Crippen LogP contribution >= 0.6 is 18.1 Å². The van der Waals surface area contributed by atoms with Gasteiger partial charge in [0.05, 0.1) is 19.8 Å². The van der Waals surface area contributed by atoms with Crippen molar-refractivity contribution in [1.29, 1.82) is 0 Å². The fourth-order valence-electron chi connectivity index (χ4n) is 3.65. The van der Waals surface area contributed by atoms with Gasteiger partial charge in [0.15, 0.2) is 18.1 Å². The average molecular weight is 457 g/mol. The Morgan fingerprint density at radius 3 is 1.67 bits per heavy atom. The minimum atomic E-state index is -0.475. The van der Waals surface area contributed by atoms with Crippen molar-refractivity contribution in [1.82, 2.24) is 0 Å². The average Bonchev–Trinajstić information content (AvgIpc) is 2.62. The molecule has 2 unspecified atom stereocenters. The lowest BCUT2D eigenvalue weighted by molar-refractivity contribution is -0.171. The molecule has 0 N–H and O–H groups in total. The summed E-state index contributed by atoms with van der Waals surface area (Å²) in [5, 5.41) is 0. The molecular formula is C23H38O5P2. The van der Waals surface area contributed by atoms with Crippen LogP contribution in [0.25, 0.3) is 0 Å². The third kappa shape index (κ3) is 5.20. The first-order valence-electron chi connectivity index (χ1n) is 10.6. The predicted molar refractivity (Wildman–Crippen MR) is 125 cm³/mol. The molecule has 2 saturated heterocycles. The molecule has 2 atom stereocenters. The van der Waals surface area contributed by atoms with E-state index in [0.717, 1.165) is 5.75 Å². The fraction of sp³-hybridized carbons (Fsp3) is 0.739. The molecule has 5 nitrogen and oxygen atoms in total. The highest BCUT2D eigenvalue weighted by Gasteiger charge is 2.48. The summed E-state index contributed by atoms with van der Waals surface area (Å²) in [4.78, 5) is 0. The van der Waals surface area contributed by atoms with Gasteiger partial charge < -0.3 is 18.3 Å². The second-order valence-electron chi connectivity index (χ2n) is 11.6. The second kappa shape index (κ2) is 8.58. The van der Waals surface area contributed by atoms with E-state index in [-0.39, 0.29) is 34.3 Å². The van der Waals surface area contributed by atoms with Crippen LogP contribution in [-0.2, 0) is 34.3 Å². The first-order valence-corrected chi connectivity index (χ1v) is 12.2. The van der Waals surface area contributed by atoms with Crippen molar-refractivity contribution in [2.45, 2.75) is 84.8 Å². The second-order valence-corrected chi connectivity index (χ2v) is 13.0. The van der Waals surface area contributed by atoms with Crippen molar-refractivity contribution in [2.75, 3.05) is 19.8 Å². The molecule has 2 aliphatic rings. The Morgan fingerprint density at radius 2 is 1.23 bits per heavy atom. The van der Waals surface area contributed by atoms with E-state index in [4.69, 9.17) is 22.8 Å². The van der Waals surface area contributed by atoms with Gasteiger partial charge in [-0.25, -0.2) is 0 Å². The highest BCUT2D eigenvalue weighted by atomic mass is 31.1. The lowest BCUT2D eigenvalue weighted by Crippen LogP contribution is -2.52. The van der Waals surface area contributed by atoms with Crippen LogP contribution in [0.3, 0.4) is 0 Å². The number of ether oxygens (including phenoxy) is 1. The van der Waals surface area contributed by atoms with Gasteiger partial charge in [0, 0.05) is 11.1 Å². The summed E-state index contributed by atoms with van der Waals surface area (Å²) in [6.45, 7) is 21.8. The maximum absolute atomic E-state index is 6.78. The van der Waals surface area contributed by atoms with Crippen molar-refractivity contribution in [3.63, 3.8) is 0 Å². The molecule has 2 fully saturated rings. The summed E-state index contributed by atoms with van der Waals surface area (Å²) in [5.74, 6) is 0.923. The van der Waals surface area contributed by atoms with Crippen molar-refractivity contribution in [3.05, 3.63) is 28.8 Å². The highest BCUT2D eigenvalue weighted by Crippen LogP contribution is 2.48. The highest BCUT2D eigenvalue weighted by molar-refractivity contribution is 7.26. The first kappa shape index (κ1) is 24.4. The number of hydrogen-bond donors (Lipinski definition) is 0. The van der Waals surface area contributed by atoms with Gasteiger partial charge in [-0.1, -0.05) is 74.4 Å². The molecule has 7 heteroatoms. The topological polar surface area (TPSA) is 46.2 Å². The van der Waals surface area contributed by atoms with Gasteiger partial charge >= 0.3 is 0 Å². The SMILES string of the molecule is CC(C)(C)c1cc(C(C)(C)C)c(OC2OPOCC23COPOC3)c(C(C)(C)C)c1. The zero-order chi connectivity index (χ0) is 22.4. The monoisotopic (exact) mass is 456 g/mol. The van der Waals surface area contributed by atoms with Gasteiger partial charge in [-0.3, -0.25) is 4.52 Å². The predicted octanol–water partition coefficient (Wildman–Crippen LogP) is 6.38. The summed E-state index contributed by atoms with van der Waals surface area (Å²) >= 11 is 0. The Morgan fingerprint density at radius 1 is 0.767 bits per heavy atom. The van der Waals surface area contributed by atoms with E-state index in [1.807, 2.05) is 0 Å². The molecule has 1 aromatic carbocycles. The first-order chi connectivity index (χ1) is 13.7. The summed E-state index contributed by atoms with van der Waals surface area (Å²) in [6, 6.07) is 4.63. The zero-order valence-corrected chi connectivity index (χ0v) is 21.9. The van der Waals surface area contributed by atoms with Crippen molar-refractivity contribution < 1.29 is 22.8 Å². The largest absolute Gasteiger partial charge is 0.463 e. The third-order valence-corrected chi connectivity index (χ3v) is 6.80. The van der Waals surface area contributed by atoms with E-state index < -0.39 is 11.7 Å². The van der Waals surface area contributed by atoms with Crippen LogP contribution in [0.15, 0.2) is 12.1 Å². The molecule has 2 heterocycles. The van der Waals surface area contributed by atoms with E-state index in [0.29, 0.717) is 19.8 Å². The van der Waals surface area contributed by atoms with Gasteiger partial charge in [0.25, 0.3) is 0 Å². The van der Waals surface area contributed by atoms with Gasteiger partial charge in [-0.15, -0.1) is 0 Å². The smallest absolute Gasteiger partial charge is 0.217 e. The fourth-order valence-corrected chi connectivity index (χ4v) is 5.23. The third-order valence-electron chi connectivity index (χ3n) is 5.71. The molecule has 0 saturated carbocycles. The minimum Gasteiger partial charge on any atom is -0.463 e. The van der Waals surface area contributed by atoms with E-state index in [2.05, 4.69) is 74.4 Å². The van der Waals surface area contributed by atoms with Crippen molar-refractivity contribution in [2.24, 2.45) is 5.41 Å². The van der Waals surface area contributed by atoms with E-state index in [1.54, 1.807) is 0 Å². The molecule has 2 aliphatic heterocycles. The molecule has 0 bridgehead atoms. The molecule has 0 aromatic heterocycles. The minimum absolute atomic E-state index is 0.0439. The van der Waals surface area contributed by atoms with Gasteiger partial charge in [-0.05, 0) is 21.8 Å². The Kier molecular flexibility index (Phi) is 6.97. The Hall–Kier alpha value is -0.280. The molecule has 3 rings (SSSR count). The Bertz CT molecular complexity index is 709. The lowest BCUT2D eigenvalue weighted by Gasteiger charge is -2.44. The van der Waals surface area contributed by atoms with Crippen LogP contribution in [0.1, 0.15) is 79.0 Å². The zero-order valence-electron chi connectivity index (χ0n) is 19.9. The maximum atomic E-state index is 6.78. The van der Waals surface area contributed by atoms with E-state index >= 15 is 0 Å². The maximum Gasteiger partial charge on any atom is 0.217 e. The van der Waals surface area contributed by atoms with E-state index in [1.165, 1.54) is 16.7 Å². The van der Waals surface area contributed by atoms with Crippen LogP contribution in [0, 0.1) is 5.41 Å². The summed E-state index contributed by atoms with van der Waals surface area (Å²) < 4.78 is 29.8. The van der Waals surface area contributed by atoms with Gasteiger partial charge in [0.2, 0.25) is 6.29 Å². The van der Waals surface area contributed by atoms with Crippen LogP contribution in [0.5, 0.6) is 5.75 Å². The van der Waals surface area contributed by atoms with E-state index in [9.17, 15) is 0 Å². The van der Waals surface area contributed by atoms with Gasteiger partial charge in [0.1, 0.15) is 11.2 Å².